The minimum Gasteiger partial charge on any atom is -0.488 e. The first kappa shape index (κ1) is 25.7. The van der Waals surface area contributed by atoms with Crippen LogP contribution in [-0.4, -0.2) is 28.5 Å². The van der Waals surface area contributed by atoms with Crippen LogP contribution >= 0.6 is 61.9 Å². The summed E-state index contributed by atoms with van der Waals surface area (Å²) in [4.78, 5) is 38.7. The van der Waals surface area contributed by atoms with Crippen LogP contribution in [0, 0.1) is 3.57 Å². The van der Waals surface area contributed by atoms with Gasteiger partial charge >= 0.3 is 0 Å². The van der Waals surface area contributed by atoms with Gasteiger partial charge in [0.25, 0.3) is 11.1 Å². The number of imide groups is 1. The van der Waals surface area contributed by atoms with E-state index >= 15 is 0 Å². The van der Waals surface area contributed by atoms with Gasteiger partial charge in [-0.25, -0.2) is 0 Å². The molecule has 3 aromatic carbocycles. The zero-order valence-electron chi connectivity index (χ0n) is 18.0. The van der Waals surface area contributed by atoms with E-state index in [2.05, 4.69) is 43.8 Å². The van der Waals surface area contributed by atoms with Crippen LogP contribution in [0.5, 0.6) is 5.75 Å². The average molecular weight is 684 g/mol. The zero-order valence-corrected chi connectivity index (χ0v) is 23.3. The van der Waals surface area contributed by atoms with E-state index in [4.69, 9.17) is 16.3 Å². The average Bonchev–Trinajstić information content (AvgIpc) is 3.08. The van der Waals surface area contributed by atoms with Crippen molar-refractivity contribution in [2.75, 3.05) is 11.9 Å². The van der Waals surface area contributed by atoms with Gasteiger partial charge < -0.3 is 10.1 Å². The maximum Gasteiger partial charge on any atom is 0.294 e. The van der Waals surface area contributed by atoms with Gasteiger partial charge in [0.2, 0.25) is 5.91 Å². The summed E-state index contributed by atoms with van der Waals surface area (Å²) in [6.07, 6.45) is 1.62. The van der Waals surface area contributed by atoms with E-state index in [9.17, 15) is 14.4 Å². The Labute approximate surface area is 233 Å². The summed E-state index contributed by atoms with van der Waals surface area (Å²) in [6.45, 7) is 0.0213. The minimum absolute atomic E-state index is 0.249. The molecule has 0 bridgehead atoms. The predicted octanol–water partition coefficient (Wildman–Crippen LogP) is 6.96. The van der Waals surface area contributed by atoms with E-state index < -0.39 is 17.1 Å². The summed E-state index contributed by atoms with van der Waals surface area (Å²) >= 11 is 12.4. The Hall–Kier alpha value is -2.34. The normalized spacial score (nSPS) is 14.5. The molecule has 0 aromatic heterocycles. The van der Waals surface area contributed by atoms with Gasteiger partial charge in [0.05, 0.1) is 9.38 Å². The number of hydrogen-bond acceptors (Lipinski definition) is 5. The van der Waals surface area contributed by atoms with Crippen molar-refractivity contribution in [3.63, 3.8) is 0 Å². The molecule has 1 saturated heterocycles. The lowest BCUT2D eigenvalue weighted by Gasteiger charge is -2.12. The number of carbonyl (C=O) groups excluding carboxylic acids is 3. The van der Waals surface area contributed by atoms with Crippen molar-refractivity contribution >= 4 is 90.7 Å². The molecule has 4 rings (SSSR count). The number of hydrogen-bond donors (Lipinski definition) is 1. The van der Waals surface area contributed by atoms with Gasteiger partial charge in [-0.3, -0.25) is 19.3 Å². The predicted molar refractivity (Wildman–Crippen MR) is 150 cm³/mol. The Morgan fingerprint density at radius 3 is 2.49 bits per heavy atom. The third kappa shape index (κ3) is 6.87. The van der Waals surface area contributed by atoms with Crippen molar-refractivity contribution in [2.45, 2.75) is 6.61 Å². The molecule has 1 aliphatic rings. The first-order valence-corrected chi connectivity index (χ1v) is 13.3. The second kappa shape index (κ2) is 11.6. The molecule has 1 N–H and O–H groups in total. The monoisotopic (exact) mass is 682 g/mol. The van der Waals surface area contributed by atoms with Gasteiger partial charge in [0, 0.05) is 14.3 Å². The summed E-state index contributed by atoms with van der Waals surface area (Å²) in [6, 6.07) is 20.0. The van der Waals surface area contributed by atoms with Crippen LogP contribution in [0.2, 0.25) is 5.02 Å². The molecule has 35 heavy (non-hydrogen) atoms. The first-order chi connectivity index (χ1) is 16.8. The lowest BCUT2D eigenvalue weighted by atomic mass is 10.2. The number of halogens is 3. The second-order valence-electron chi connectivity index (χ2n) is 7.43. The van der Waals surface area contributed by atoms with E-state index in [-0.39, 0.29) is 11.4 Å². The second-order valence-corrected chi connectivity index (χ2v) is 11.0. The van der Waals surface area contributed by atoms with Gasteiger partial charge in [-0.05, 0) is 116 Å². The van der Waals surface area contributed by atoms with E-state index in [1.54, 1.807) is 48.5 Å². The number of thioether (sulfide) groups is 1. The highest BCUT2D eigenvalue weighted by Crippen LogP contribution is 2.34. The molecular formula is C25H17BrClIN2O4S. The molecule has 0 unspecified atom stereocenters. The van der Waals surface area contributed by atoms with Crippen LogP contribution in [-0.2, 0) is 16.2 Å². The van der Waals surface area contributed by atoms with Crippen LogP contribution < -0.4 is 10.1 Å². The van der Waals surface area contributed by atoms with Gasteiger partial charge in [-0.2, -0.15) is 0 Å². The topological polar surface area (TPSA) is 75.7 Å². The molecule has 1 aliphatic heterocycles. The van der Waals surface area contributed by atoms with E-state index in [1.807, 2.05) is 24.3 Å². The highest BCUT2D eigenvalue weighted by molar-refractivity contribution is 14.1. The molecule has 10 heteroatoms. The van der Waals surface area contributed by atoms with Crippen molar-refractivity contribution in [1.82, 2.24) is 4.90 Å². The Kier molecular flexibility index (Phi) is 8.53. The molecule has 0 atom stereocenters. The summed E-state index contributed by atoms with van der Waals surface area (Å²) in [5.41, 5.74) is 2.29. The molecule has 6 nitrogen and oxygen atoms in total. The van der Waals surface area contributed by atoms with Crippen molar-refractivity contribution in [3.8, 4) is 5.75 Å². The number of rotatable bonds is 7. The first-order valence-electron chi connectivity index (χ1n) is 10.3. The molecule has 0 spiro atoms. The van der Waals surface area contributed by atoms with E-state index in [0.717, 1.165) is 25.8 Å². The molecule has 0 radical (unpaired) electrons. The van der Waals surface area contributed by atoms with Crippen LogP contribution in [0.1, 0.15) is 11.1 Å². The molecule has 1 heterocycles. The quantitative estimate of drug-likeness (QED) is 0.215. The Bertz CT molecular complexity index is 1320. The Balaban J connectivity index is 1.39. The fraction of sp³-hybridized carbons (Fsp3) is 0.0800. The summed E-state index contributed by atoms with van der Waals surface area (Å²) in [5.74, 6) is -0.311. The Morgan fingerprint density at radius 1 is 1.09 bits per heavy atom. The van der Waals surface area contributed by atoms with Crippen LogP contribution in [0.25, 0.3) is 6.08 Å². The Morgan fingerprint density at radius 2 is 1.80 bits per heavy atom. The molecule has 0 saturated carbocycles. The van der Waals surface area contributed by atoms with Crippen LogP contribution in [0.3, 0.4) is 0 Å². The third-order valence-corrected chi connectivity index (χ3v) is 7.36. The fourth-order valence-electron chi connectivity index (χ4n) is 3.13. The molecule has 0 aliphatic carbocycles. The maximum atomic E-state index is 12.8. The van der Waals surface area contributed by atoms with Crippen molar-refractivity contribution in [3.05, 3.63) is 95.8 Å². The van der Waals surface area contributed by atoms with Crippen molar-refractivity contribution in [2.24, 2.45) is 0 Å². The summed E-state index contributed by atoms with van der Waals surface area (Å²) < 4.78 is 7.59. The zero-order chi connectivity index (χ0) is 24.9. The molecule has 3 aromatic rings. The number of amides is 3. The number of ether oxygens (including phenoxy) is 1. The van der Waals surface area contributed by atoms with Gasteiger partial charge in [-0.1, -0.05) is 29.8 Å². The smallest absolute Gasteiger partial charge is 0.294 e. The molecule has 3 amide bonds. The third-order valence-electron chi connectivity index (χ3n) is 4.86. The van der Waals surface area contributed by atoms with E-state index in [1.165, 1.54) is 0 Å². The standard InChI is InChI=1S/C25H17BrClIN2O4S/c26-20-11-16(3-10-21(20)34-14-15-1-4-17(27)5-2-15)12-22-24(32)30(25(33)35-22)13-23(31)29-19-8-6-18(28)7-9-19/h1-12H,13-14H2,(H,29,31)/b22-12+. The lowest BCUT2D eigenvalue weighted by molar-refractivity contribution is -0.127. The van der Waals surface area contributed by atoms with Crippen molar-refractivity contribution in [1.29, 1.82) is 0 Å². The largest absolute Gasteiger partial charge is 0.488 e. The molecule has 178 valence electrons. The minimum atomic E-state index is -0.503. The summed E-state index contributed by atoms with van der Waals surface area (Å²) in [7, 11) is 0. The SMILES string of the molecule is O=C(CN1C(=O)S/C(=C/c2ccc(OCc3ccc(Cl)cc3)c(Br)c2)C1=O)Nc1ccc(I)cc1. The summed E-state index contributed by atoms with van der Waals surface area (Å²) in [5, 5.41) is 2.88. The van der Waals surface area contributed by atoms with Gasteiger partial charge in [-0.15, -0.1) is 0 Å². The van der Waals surface area contributed by atoms with Crippen molar-refractivity contribution < 1.29 is 19.1 Å². The van der Waals surface area contributed by atoms with Gasteiger partial charge in [0.15, 0.2) is 0 Å². The lowest BCUT2D eigenvalue weighted by Crippen LogP contribution is -2.36. The number of nitrogens with one attached hydrogen (secondary N) is 1. The highest BCUT2D eigenvalue weighted by atomic mass is 127. The van der Waals surface area contributed by atoms with Crippen LogP contribution in [0.15, 0.2) is 76.1 Å². The number of anilines is 1. The number of nitrogens with zero attached hydrogens (tertiary/aromatic N) is 1. The number of carbonyl (C=O) groups is 3. The molecular weight excluding hydrogens is 667 g/mol. The maximum absolute atomic E-state index is 12.8. The molecule has 1 fully saturated rings. The van der Waals surface area contributed by atoms with Crippen LogP contribution in [0.4, 0.5) is 10.5 Å². The highest BCUT2D eigenvalue weighted by Gasteiger charge is 2.36. The van der Waals surface area contributed by atoms with E-state index in [0.29, 0.717) is 33.1 Å². The number of benzene rings is 3. The van der Waals surface area contributed by atoms with Gasteiger partial charge in [0.1, 0.15) is 18.9 Å². The fourth-order valence-corrected chi connectivity index (χ4v) is 4.97.